The molecule has 0 aliphatic rings. The third-order valence-corrected chi connectivity index (χ3v) is 4.96. The molecule has 0 bridgehead atoms. The molecule has 0 unspecified atom stereocenters. The molecular formula is C15H24ClN3O3S. The molecule has 0 aromatic heterocycles. The van der Waals surface area contributed by atoms with Crippen molar-refractivity contribution < 1.29 is 13.2 Å². The van der Waals surface area contributed by atoms with Gasteiger partial charge in [-0.25, -0.2) is 12.7 Å². The molecule has 6 nitrogen and oxygen atoms in total. The van der Waals surface area contributed by atoms with Gasteiger partial charge in [-0.05, 0) is 25.7 Å². The highest BCUT2D eigenvalue weighted by molar-refractivity contribution is 7.88. The number of amides is 1. The number of hydrogen-bond donors (Lipinski definition) is 1. The van der Waals surface area contributed by atoms with Crippen molar-refractivity contribution in [3.8, 4) is 0 Å². The van der Waals surface area contributed by atoms with Gasteiger partial charge in [-0.1, -0.05) is 29.8 Å². The molecule has 0 aliphatic heterocycles. The predicted molar refractivity (Wildman–Crippen MR) is 92.9 cm³/mol. The fourth-order valence-corrected chi connectivity index (χ4v) is 2.94. The summed E-state index contributed by atoms with van der Waals surface area (Å²) in [5.74, 6) is -0.205. The number of hydrogen-bond acceptors (Lipinski definition) is 4. The Bertz CT molecular complexity index is 620. The number of likely N-dealkylation sites (N-methyl/N-ethyl adjacent to an activating group) is 1. The molecule has 130 valence electrons. The van der Waals surface area contributed by atoms with Gasteiger partial charge < -0.3 is 10.2 Å². The van der Waals surface area contributed by atoms with E-state index in [9.17, 15) is 13.2 Å². The molecule has 0 heterocycles. The fourth-order valence-electron chi connectivity index (χ4n) is 1.91. The highest BCUT2D eigenvalue weighted by Crippen LogP contribution is 2.14. The topological polar surface area (TPSA) is 69.7 Å². The fraction of sp³-hybridized carbons (Fsp3) is 0.533. The van der Waals surface area contributed by atoms with Crippen molar-refractivity contribution in [2.45, 2.75) is 13.0 Å². The van der Waals surface area contributed by atoms with Crippen LogP contribution in [0.15, 0.2) is 24.3 Å². The van der Waals surface area contributed by atoms with E-state index in [0.29, 0.717) is 24.7 Å². The van der Waals surface area contributed by atoms with Crippen LogP contribution in [0.1, 0.15) is 12.0 Å². The first-order valence-electron chi connectivity index (χ1n) is 7.30. The van der Waals surface area contributed by atoms with E-state index in [0.717, 1.165) is 11.8 Å². The summed E-state index contributed by atoms with van der Waals surface area (Å²) in [7, 11) is 0.419. The maximum absolute atomic E-state index is 11.9. The second kappa shape index (κ2) is 9.22. The van der Waals surface area contributed by atoms with E-state index in [4.69, 9.17) is 11.6 Å². The Morgan fingerprint density at radius 2 is 1.83 bits per heavy atom. The molecule has 8 heteroatoms. The lowest BCUT2D eigenvalue weighted by Gasteiger charge is -2.21. The lowest BCUT2D eigenvalue weighted by Crippen LogP contribution is -2.38. The molecule has 0 saturated heterocycles. The average Bonchev–Trinajstić information content (AvgIpc) is 2.44. The average molecular weight is 362 g/mol. The van der Waals surface area contributed by atoms with Crippen molar-refractivity contribution in [3.05, 3.63) is 34.9 Å². The number of nitrogens with zero attached hydrogens (tertiary/aromatic N) is 2. The highest BCUT2D eigenvalue weighted by atomic mass is 35.5. The first kappa shape index (κ1) is 19.9. The molecule has 1 rings (SSSR count). The summed E-state index contributed by atoms with van der Waals surface area (Å²) >= 11 is 6.02. The first-order chi connectivity index (χ1) is 10.7. The standard InChI is InChI=1S/C15H24ClN3O3S/c1-18(2)10-11-19(23(3,21)22)9-8-15(20)17-12-13-6-4-5-7-14(13)16/h4-7H,8-12H2,1-3H3,(H,17,20). The number of benzene rings is 1. The smallest absolute Gasteiger partial charge is 0.221 e. The molecule has 0 fully saturated rings. The second-order valence-corrected chi connectivity index (χ2v) is 7.97. The lowest BCUT2D eigenvalue weighted by atomic mass is 10.2. The largest absolute Gasteiger partial charge is 0.352 e. The van der Waals surface area contributed by atoms with Crippen LogP contribution in [0.2, 0.25) is 5.02 Å². The van der Waals surface area contributed by atoms with Gasteiger partial charge in [-0.2, -0.15) is 0 Å². The molecule has 1 amide bonds. The number of carbonyl (C=O) groups excluding carboxylic acids is 1. The maximum atomic E-state index is 11.9. The van der Waals surface area contributed by atoms with Crippen LogP contribution in [0.5, 0.6) is 0 Å². The Morgan fingerprint density at radius 1 is 1.17 bits per heavy atom. The summed E-state index contributed by atoms with van der Waals surface area (Å²) in [5.41, 5.74) is 0.829. The van der Waals surface area contributed by atoms with Crippen molar-refractivity contribution >= 4 is 27.5 Å². The molecule has 0 aliphatic carbocycles. The molecular weight excluding hydrogens is 338 g/mol. The van der Waals surface area contributed by atoms with Gasteiger partial charge in [0.2, 0.25) is 15.9 Å². The Morgan fingerprint density at radius 3 is 2.39 bits per heavy atom. The molecule has 0 spiro atoms. The minimum Gasteiger partial charge on any atom is -0.352 e. The predicted octanol–water partition coefficient (Wildman–Crippen LogP) is 1.17. The summed E-state index contributed by atoms with van der Waals surface area (Å²) < 4.78 is 24.8. The number of sulfonamides is 1. The van der Waals surface area contributed by atoms with Crippen molar-refractivity contribution in [1.29, 1.82) is 0 Å². The minimum atomic E-state index is -3.32. The zero-order valence-electron chi connectivity index (χ0n) is 13.8. The Labute approximate surface area is 143 Å². The molecule has 0 radical (unpaired) electrons. The van der Waals surface area contributed by atoms with Crippen LogP contribution in [-0.2, 0) is 21.4 Å². The van der Waals surface area contributed by atoms with Gasteiger partial charge in [0.25, 0.3) is 0 Å². The Kier molecular flexibility index (Phi) is 7.98. The van der Waals surface area contributed by atoms with Crippen LogP contribution >= 0.6 is 11.6 Å². The maximum Gasteiger partial charge on any atom is 0.221 e. The van der Waals surface area contributed by atoms with Crippen LogP contribution in [0.4, 0.5) is 0 Å². The SMILES string of the molecule is CN(C)CCN(CCC(=O)NCc1ccccc1Cl)S(C)(=O)=O. The zero-order valence-corrected chi connectivity index (χ0v) is 15.3. The summed E-state index contributed by atoms with van der Waals surface area (Å²) in [6.45, 7) is 1.47. The second-order valence-electron chi connectivity index (χ2n) is 5.58. The normalized spacial score (nSPS) is 11.9. The third-order valence-electron chi connectivity index (χ3n) is 3.29. The van der Waals surface area contributed by atoms with Crippen LogP contribution in [0, 0.1) is 0 Å². The Balaban J connectivity index is 2.47. The van der Waals surface area contributed by atoms with E-state index in [-0.39, 0.29) is 18.9 Å². The molecule has 1 N–H and O–H groups in total. The number of nitrogens with one attached hydrogen (secondary N) is 1. The van der Waals surface area contributed by atoms with E-state index in [1.165, 1.54) is 4.31 Å². The summed E-state index contributed by atoms with van der Waals surface area (Å²) in [6.07, 6.45) is 1.27. The summed E-state index contributed by atoms with van der Waals surface area (Å²) in [6, 6.07) is 7.26. The molecule has 1 aromatic carbocycles. The van der Waals surface area contributed by atoms with Gasteiger partial charge in [0.05, 0.1) is 6.26 Å². The molecule has 23 heavy (non-hydrogen) atoms. The highest BCUT2D eigenvalue weighted by Gasteiger charge is 2.17. The molecule has 0 saturated carbocycles. The molecule has 1 aromatic rings. The van der Waals surface area contributed by atoms with Crippen LogP contribution in [0.25, 0.3) is 0 Å². The van der Waals surface area contributed by atoms with Crippen LogP contribution in [-0.4, -0.2) is 63.5 Å². The summed E-state index contributed by atoms with van der Waals surface area (Å²) in [5, 5.41) is 3.35. The van der Waals surface area contributed by atoms with Crippen molar-refractivity contribution in [2.24, 2.45) is 0 Å². The van der Waals surface area contributed by atoms with E-state index in [2.05, 4.69) is 5.32 Å². The molecule has 0 atom stereocenters. The number of carbonyl (C=O) groups is 1. The van der Waals surface area contributed by atoms with Crippen molar-refractivity contribution in [2.75, 3.05) is 40.0 Å². The van der Waals surface area contributed by atoms with Gasteiger partial charge in [0, 0.05) is 37.6 Å². The number of rotatable bonds is 9. The zero-order chi connectivity index (χ0) is 17.5. The van der Waals surface area contributed by atoms with Gasteiger partial charge in [0.15, 0.2) is 0 Å². The van der Waals surface area contributed by atoms with Crippen molar-refractivity contribution in [1.82, 2.24) is 14.5 Å². The summed E-state index contributed by atoms with van der Waals surface area (Å²) in [4.78, 5) is 13.8. The van der Waals surface area contributed by atoms with E-state index >= 15 is 0 Å². The third kappa shape index (κ3) is 7.78. The van der Waals surface area contributed by atoms with Gasteiger partial charge in [0.1, 0.15) is 0 Å². The van der Waals surface area contributed by atoms with E-state index < -0.39 is 10.0 Å². The van der Waals surface area contributed by atoms with Crippen LogP contribution < -0.4 is 5.32 Å². The van der Waals surface area contributed by atoms with E-state index in [1.54, 1.807) is 6.07 Å². The number of halogens is 1. The monoisotopic (exact) mass is 361 g/mol. The minimum absolute atomic E-state index is 0.116. The quantitative estimate of drug-likeness (QED) is 0.716. The van der Waals surface area contributed by atoms with Gasteiger partial charge in [-0.3, -0.25) is 4.79 Å². The Hall–Kier alpha value is -1.15. The van der Waals surface area contributed by atoms with Gasteiger partial charge in [-0.15, -0.1) is 0 Å². The van der Waals surface area contributed by atoms with E-state index in [1.807, 2.05) is 37.2 Å². The van der Waals surface area contributed by atoms with Gasteiger partial charge >= 0.3 is 0 Å². The van der Waals surface area contributed by atoms with Crippen LogP contribution in [0.3, 0.4) is 0 Å². The first-order valence-corrected chi connectivity index (χ1v) is 9.52. The lowest BCUT2D eigenvalue weighted by molar-refractivity contribution is -0.121. The van der Waals surface area contributed by atoms with Crippen molar-refractivity contribution in [3.63, 3.8) is 0 Å².